The molecule has 1 heterocycles. The normalized spacial score (nSPS) is 17.3. The molecule has 0 amide bonds. The Hall–Kier alpha value is -1.59. The Morgan fingerprint density at radius 1 is 1.30 bits per heavy atom. The third-order valence-electron chi connectivity index (χ3n) is 4.18. The number of ether oxygens (including phenoxy) is 1. The van der Waals surface area contributed by atoms with Crippen molar-refractivity contribution in [2.24, 2.45) is 10.7 Å². The van der Waals surface area contributed by atoms with Crippen LogP contribution in [0.5, 0.6) is 0 Å². The monoisotopic (exact) mass is 318 g/mol. The molecule has 0 saturated carbocycles. The van der Waals surface area contributed by atoms with Gasteiger partial charge < -0.3 is 15.8 Å². The number of benzene rings is 1. The summed E-state index contributed by atoms with van der Waals surface area (Å²) in [6.45, 7) is 7.33. The van der Waals surface area contributed by atoms with Gasteiger partial charge in [-0.2, -0.15) is 0 Å². The van der Waals surface area contributed by atoms with Crippen molar-refractivity contribution < 1.29 is 4.74 Å². The molecule has 0 aromatic heterocycles. The summed E-state index contributed by atoms with van der Waals surface area (Å²) in [4.78, 5) is 7.08. The summed E-state index contributed by atoms with van der Waals surface area (Å²) in [7, 11) is 0. The van der Waals surface area contributed by atoms with E-state index in [0.29, 0.717) is 18.5 Å². The van der Waals surface area contributed by atoms with Crippen molar-refractivity contribution >= 4 is 5.96 Å². The Morgan fingerprint density at radius 3 is 2.74 bits per heavy atom. The summed E-state index contributed by atoms with van der Waals surface area (Å²) in [6, 6.07) is 10.9. The van der Waals surface area contributed by atoms with E-state index in [2.05, 4.69) is 45.5 Å². The highest BCUT2D eigenvalue weighted by molar-refractivity contribution is 5.77. The molecule has 23 heavy (non-hydrogen) atoms. The predicted octanol–water partition coefficient (Wildman–Crippen LogP) is 2.15. The summed E-state index contributed by atoms with van der Waals surface area (Å²) in [5, 5.41) is 3.17. The number of nitrogens with zero attached hydrogens (tertiary/aromatic N) is 2. The lowest BCUT2D eigenvalue weighted by Crippen LogP contribution is -2.35. The Balaban J connectivity index is 1.86. The largest absolute Gasteiger partial charge is 0.382 e. The Kier molecular flexibility index (Phi) is 7.90. The third-order valence-corrected chi connectivity index (χ3v) is 4.18. The third kappa shape index (κ3) is 6.20. The number of guanidine groups is 1. The molecule has 0 bridgehead atoms. The molecular weight excluding hydrogens is 288 g/mol. The van der Waals surface area contributed by atoms with E-state index in [1.165, 1.54) is 18.4 Å². The standard InChI is InChI=1S/C18H30N4O/c1-2-23-14-8-11-20-18(19)21-15-17(22-12-6-7-13-22)16-9-4-3-5-10-16/h3-5,9-10,17H,2,6-8,11-15H2,1H3,(H3,19,20,21)/t17-/m1/s1. The second-order valence-electron chi connectivity index (χ2n) is 5.87. The van der Waals surface area contributed by atoms with Gasteiger partial charge >= 0.3 is 0 Å². The average Bonchev–Trinajstić information content (AvgIpc) is 3.10. The molecular formula is C18H30N4O. The first-order valence-corrected chi connectivity index (χ1v) is 8.71. The SMILES string of the molecule is CCOCCCNC(N)=NC[C@H](c1ccccc1)N1CCCC1. The molecule has 1 aliphatic heterocycles. The van der Waals surface area contributed by atoms with Crippen LogP contribution in [0.25, 0.3) is 0 Å². The van der Waals surface area contributed by atoms with E-state index in [-0.39, 0.29) is 0 Å². The number of nitrogens with one attached hydrogen (secondary N) is 1. The fourth-order valence-corrected chi connectivity index (χ4v) is 2.94. The fourth-order valence-electron chi connectivity index (χ4n) is 2.94. The van der Waals surface area contributed by atoms with Gasteiger partial charge in [0.25, 0.3) is 0 Å². The maximum Gasteiger partial charge on any atom is 0.188 e. The number of nitrogens with two attached hydrogens (primary N) is 1. The van der Waals surface area contributed by atoms with Crippen LogP contribution in [0.3, 0.4) is 0 Å². The van der Waals surface area contributed by atoms with Crippen molar-refractivity contribution in [3.63, 3.8) is 0 Å². The van der Waals surface area contributed by atoms with Crippen LogP contribution in [-0.2, 0) is 4.74 Å². The van der Waals surface area contributed by atoms with Gasteiger partial charge in [-0.15, -0.1) is 0 Å². The molecule has 3 N–H and O–H groups in total. The highest BCUT2D eigenvalue weighted by atomic mass is 16.5. The van der Waals surface area contributed by atoms with Gasteiger partial charge in [0.05, 0.1) is 12.6 Å². The Labute approximate surface area is 139 Å². The molecule has 0 unspecified atom stereocenters. The molecule has 0 radical (unpaired) electrons. The minimum atomic E-state index is 0.322. The summed E-state index contributed by atoms with van der Waals surface area (Å²) >= 11 is 0. The molecule has 0 spiro atoms. The number of aliphatic imine (C=N–C) groups is 1. The van der Waals surface area contributed by atoms with Gasteiger partial charge in [0.2, 0.25) is 0 Å². The van der Waals surface area contributed by atoms with Gasteiger partial charge in [-0.25, -0.2) is 0 Å². The van der Waals surface area contributed by atoms with Crippen molar-refractivity contribution in [2.75, 3.05) is 39.4 Å². The minimum absolute atomic E-state index is 0.322. The van der Waals surface area contributed by atoms with Crippen LogP contribution < -0.4 is 11.1 Å². The van der Waals surface area contributed by atoms with Crippen LogP contribution in [0, 0.1) is 0 Å². The van der Waals surface area contributed by atoms with Crippen molar-refractivity contribution in [3.05, 3.63) is 35.9 Å². The summed E-state index contributed by atoms with van der Waals surface area (Å²) in [6.07, 6.45) is 3.49. The van der Waals surface area contributed by atoms with E-state index in [4.69, 9.17) is 10.5 Å². The van der Waals surface area contributed by atoms with Crippen molar-refractivity contribution in [2.45, 2.75) is 32.2 Å². The van der Waals surface area contributed by atoms with E-state index in [1.807, 2.05) is 6.92 Å². The molecule has 1 aromatic rings. The molecule has 1 aliphatic rings. The number of hydrogen-bond acceptors (Lipinski definition) is 3. The van der Waals surface area contributed by atoms with Crippen LogP contribution in [0.4, 0.5) is 0 Å². The molecule has 5 heteroatoms. The number of hydrogen-bond donors (Lipinski definition) is 2. The lowest BCUT2D eigenvalue weighted by molar-refractivity contribution is 0.145. The van der Waals surface area contributed by atoms with Gasteiger partial charge in [-0.1, -0.05) is 30.3 Å². The molecule has 0 aliphatic carbocycles. The molecule has 5 nitrogen and oxygen atoms in total. The van der Waals surface area contributed by atoms with E-state index in [0.717, 1.165) is 39.3 Å². The summed E-state index contributed by atoms with van der Waals surface area (Å²) in [5.41, 5.74) is 7.31. The predicted molar refractivity (Wildman–Crippen MR) is 95.6 cm³/mol. The first-order valence-electron chi connectivity index (χ1n) is 8.71. The molecule has 128 valence electrons. The number of likely N-dealkylation sites (tertiary alicyclic amines) is 1. The van der Waals surface area contributed by atoms with Crippen LogP contribution in [-0.4, -0.2) is 50.3 Å². The van der Waals surface area contributed by atoms with Crippen LogP contribution in [0.2, 0.25) is 0 Å². The van der Waals surface area contributed by atoms with Gasteiger partial charge in [-0.3, -0.25) is 9.89 Å². The molecule has 1 atom stereocenters. The van der Waals surface area contributed by atoms with E-state index >= 15 is 0 Å². The quantitative estimate of drug-likeness (QED) is 0.416. The van der Waals surface area contributed by atoms with Gasteiger partial charge in [0.15, 0.2) is 5.96 Å². The van der Waals surface area contributed by atoms with Crippen molar-refractivity contribution in [3.8, 4) is 0 Å². The minimum Gasteiger partial charge on any atom is -0.382 e. The first-order chi connectivity index (χ1) is 11.3. The zero-order valence-corrected chi connectivity index (χ0v) is 14.2. The molecule has 1 saturated heterocycles. The lowest BCUT2D eigenvalue weighted by Gasteiger charge is -2.26. The van der Waals surface area contributed by atoms with E-state index in [9.17, 15) is 0 Å². The fraction of sp³-hybridized carbons (Fsp3) is 0.611. The Morgan fingerprint density at radius 2 is 2.04 bits per heavy atom. The zero-order valence-electron chi connectivity index (χ0n) is 14.2. The summed E-state index contributed by atoms with van der Waals surface area (Å²) < 4.78 is 5.31. The zero-order chi connectivity index (χ0) is 16.3. The van der Waals surface area contributed by atoms with Gasteiger partial charge in [-0.05, 0) is 44.8 Å². The van der Waals surface area contributed by atoms with Crippen LogP contribution >= 0.6 is 0 Å². The van der Waals surface area contributed by atoms with Crippen LogP contribution in [0.15, 0.2) is 35.3 Å². The second-order valence-corrected chi connectivity index (χ2v) is 5.87. The average molecular weight is 318 g/mol. The van der Waals surface area contributed by atoms with Crippen LogP contribution in [0.1, 0.15) is 37.8 Å². The van der Waals surface area contributed by atoms with Crippen molar-refractivity contribution in [1.82, 2.24) is 10.2 Å². The van der Waals surface area contributed by atoms with E-state index in [1.54, 1.807) is 0 Å². The van der Waals surface area contributed by atoms with Gasteiger partial charge in [0, 0.05) is 19.8 Å². The smallest absolute Gasteiger partial charge is 0.188 e. The van der Waals surface area contributed by atoms with Gasteiger partial charge in [0.1, 0.15) is 0 Å². The molecule has 1 aromatic carbocycles. The molecule has 1 fully saturated rings. The lowest BCUT2D eigenvalue weighted by atomic mass is 10.1. The Bertz CT molecular complexity index is 457. The highest BCUT2D eigenvalue weighted by Crippen LogP contribution is 2.25. The number of rotatable bonds is 9. The first kappa shape index (κ1) is 17.8. The second kappa shape index (κ2) is 10.2. The maximum absolute atomic E-state index is 5.99. The van der Waals surface area contributed by atoms with Crippen molar-refractivity contribution in [1.29, 1.82) is 0 Å². The topological polar surface area (TPSA) is 62.9 Å². The highest BCUT2D eigenvalue weighted by Gasteiger charge is 2.22. The molecule has 2 rings (SSSR count). The maximum atomic E-state index is 5.99. The summed E-state index contributed by atoms with van der Waals surface area (Å²) in [5.74, 6) is 0.529. The van der Waals surface area contributed by atoms with E-state index < -0.39 is 0 Å².